The highest BCUT2D eigenvalue weighted by atomic mass is 32.2. The molecule has 4 rings (SSSR count). The van der Waals surface area contributed by atoms with Crippen LogP contribution in [0.25, 0.3) is 22.6 Å². The van der Waals surface area contributed by atoms with Gasteiger partial charge in [0, 0.05) is 11.1 Å². The Bertz CT molecular complexity index is 1120. The lowest BCUT2D eigenvalue weighted by Gasteiger charge is -2.04. The molecule has 2 aromatic carbocycles. The zero-order chi connectivity index (χ0) is 20.9. The monoisotopic (exact) mass is 425 g/mol. The van der Waals surface area contributed by atoms with Crippen LogP contribution in [-0.2, 0) is 11.3 Å². The van der Waals surface area contributed by atoms with Crippen LogP contribution in [0.5, 0.6) is 0 Å². The summed E-state index contributed by atoms with van der Waals surface area (Å²) >= 11 is 1.26. The van der Waals surface area contributed by atoms with Gasteiger partial charge in [-0.2, -0.15) is 0 Å². The van der Waals surface area contributed by atoms with E-state index in [0.29, 0.717) is 34.4 Å². The molecule has 2 aromatic heterocycles. The Morgan fingerprint density at radius 1 is 1.00 bits per heavy atom. The molecule has 0 aliphatic carbocycles. The highest BCUT2D eigenvalue weighted by molar-refractivity contribution is 8.00. The molecule has 8 heteroatoms. The number of nitrogens with one attached hydrogen (secondary N) is 2. The van der Waals surface area contributed by atoms with Crippen LogP contribution in [0, 0.1) is 11.6 Å². The van der Waals surface area contributed by atoms with Gasteiger partial charge >= 0.3 is 0 Å². The second-order valence-electron chi connectivity index (χ2n) is 6.42. The summed E-state index contributed by atoms with van der Waals surface area (Å²) in [5.41, 5.74) is 2.10. The van der Waals surface area contributed by atoms with Crippen LogP contribution < -0.4 is 5.32 Å². The second kappa shape index (κ2) is 8.96. The molecule has 30 heavy (non-hydrogen) atoms. The van der Waals surface area contributed by atoms with Crippen molar-refractivity contribution in [2.75, 3.05) is 5.75 Å². The van der Waals surface area contributed by atoms with E-state index >= 15 is 0 Å². The van der Waals surface area contributed by atoms with Crippen molar-refractivity contribution in [3.8, 4) is 22.6 Å². The number of carbonyl (C=O) groups excluding carboxylic acids is 1. The van der Waals surface area contributed by atoms with Crippen LogP contribution in [-0.4, -0.2) is 21.6 Å². The molecule has 0 aliphatic heterocycles. The fourth-order valence-corrected chi connectivity index (χ4v) is 3.64. The van der Waals surface area contributed by atoms with Gasteiger partial charge in [-0.1, -0.05) is 11.8 Å². The SMILES string of the molecule is O=C(CSc1nc(-c2ccc(F)cc2)[nH]c1-c1ccc(F)cc1)NCc1ccco1. The van der Waals surface area contributed by atoms with Gasteiger partial charge in [0.05, 0.1) is 24.3 Å². The van der Waals surface area contributed by atoms with Crippen molar-refractivity contribution in [1.29, 1.82) is 0 Å². The van der Waals surface area contributed by atoms with Crippen LogP contribution >= 0.6 is 11.8 Å². The van der Waals surface area contributed by atoms with E-state index in [1.54, 1.807) is 42.7 Å². The standard InChI is InChI=1S/C22H17F2N3O2S/c23-16-7-3-14(4-8-16)20-22(27-21(26-20)15-5-9-17(24)10-6-15)30-13-19(28)25-12-18-2-1-11-29-18/h1-11H,12-13H2,(H,25,28)(H,26,27). The van der Waals surface area contributed by atoms with Crippen LogP contribution in [0.2, 0.25) is 0 Å². The van der Waals surface area contributed by atoms with Crippen LogP contribution in [0.3, 0.4) is 0 Å². The molecule has 0 radical (unpaired) electrons. The number of rotatable bonds is 7. The molecule has 0 saturated carbocycles. The van der Waals surface area contributed by atoms with Crippen molar-refractivity contribution in [2.24, 2.45) is 0 Å². The summed E-state index contributed by atoms with van der Waals surface area (Å²) in [5.74, 6) is 0.484. The molecule has 0 spiro atoms. The lowest BCUT2D eigenvalue weighted by atomic mass is 10.2. The smallest absolute Gasteiger partial charge is 0.230 e. The molecule has 2 N–H and O–H groups in total. The Morgan fingerprint density at radius 2 is 1.67 bits per heavy atom. The third-order valence-corrected chi connectivity index (χ3v) is 5.28. The van der Waals surface area contributed by atoms with Gasteiger partial charge in [0.1, 0.15) is 28.2 Å². The number of furan rings is 1. The number of carbonyl (C=O) groups is 1. The number of halogens is 2. The van der Waals surface area contributed by atoms with E-state index in [-0.39, 0.29) is 23.3 Å². The Hall–Kier alpha value is -3.39. The molecule has 1 amide bonds. The fourth-order valence-electron chi connectivity index (χ4n) is 2.80. The fraction of sp³-hybridized carbons (Fsp3) is 0.0909. The first kappa shape index (κ1) is 19.9. The lowest BCUT2D eigenvalue weighted by Crippen LogP contribution is -2.24. The number of amides is 1. The number of aromatic nitrogens is 2. The maximum atomic E-state index is 13.3. The summed E-state index contributed by atoms with van der Waals surface area (Å²) in [6, 6.07) is 15.5. The third kappa shape index (κ3) is 4.77. The summed E-state index contributed by atoms with van der Waals surface area (Å²) in [4.78, 5) is 20.0. The molecule has 0 bridgehead atoms. The van der Waals surface area contributed by atoms with Crippen LogP contribution in [0.1, 0.15) is 5.76 Å². The minimum Gasteiger partial charge on any atom is -0.467 e. The first-order valence-corrected chi connectivity index (χ1v) is 10.1. The Balaban J connectivity index is 1.54. The zero-order valence-electron chi connectivity index (χ0n) is 15.7. The normalized spacial score (nSPS) is 10.9. The van der Waals surface area contributed by atoms with Crippen LogP contribution in [0.4, 0.5) is 8.78 Å². The predicted molar refractivity (Wildman–Crippen MR) is 111 cm³/mol. The maximum Gasteiger partial charge on any atom is 0.230 e. The topological polar surface area (TPSA) is 70.9 Å². The third-order valence-electron chi connectivity index (χ3n) is 4.30. The largest absolute Gasteiger partial charge is 0.467 e. The number of nitrogens with zero attached hydrogens (tertiary/aromatic N) is 1. The maximum absolute atomic E-state index is 13.3. The average Bonchev–Trinajstić information content (AvgIpc) is 3.42. The number of imidazole rings is 1. The number of hydrogen-bond donors (Lipinski definition) is 2. The van der Waals surface area contributed by atoms with E-state index < -0.39 is 0 Å². The Kier molecular flexibility index (Phi) is 5.94. The Morgan fingerprint density at radius 3 is 2.30 bits per heavy atom. The molecule has 0 unspecified atom stereocenters. The molecule has 0 atom stereocenters. The minimum absolute atomic E-state index is 0.141. The summed E-state index contributed by atoms with van der Waals surface area (Å²) in [5, 5.41) is 3.38. The van der Waals surface area contributed by atoms with Crippen molar-refractivity contribution >= 4 is 17.7 Å². The van der Waals surface area contributed by atoms with Crippen molar-refractivity contribution in [3.05, 3.63) is 84.3 Å². The lowest BCUT2D eigenvalue weighted by molar-refractivity contribution is -0.118. The van der Waals surface area contributed by atoms with Gasteiger partial charge in [-0.05, 0) is 60.7 Å². The molecular formula is C22H17F2N3O2S. The molecule has 0 saturated heterocycles. The number of benzene rings is 2. The van der Waals surface area contributed by atoms with E-state index in [2.05, 4.69) is 15.3 Å². The van der Waals surface area contributed by atoms with E-state index in [1.807, 2.05) is 0 Å². The van der Waals surface area contributed by atoms with E-state index in [9.17, 15) is 13.6 Å². The molecule has 4 aromatic rings. The van der Waals surface area contributed by atoms with Gasteiger partial charge in [-0.3, -0.25) is 4.79 Å². The molecular weight excluding hydrogens is 408 g/mol. The summed E-state index contributed by atoms with van der Waals surface area (Å²) in [7, 11) is 0. The van der Waals surface area contributed by atoms with Crippen LogP contribution in [0.15, 0.2) is 76.4 Å². The van der Waals surface area contributed by atoms with Gasteiger partial charge in [-0.25, -0.2) is 13.8 Å². The highest BCUT2D eigenvalue weighted by Crippen LogP contribution is 2.32. The van der Waals surface area contributed by atoms with E-state index in [4.69, 9.17) is 4.42 Å². The van der Waals surface area contributed by atoms with Gasteiger partial charge < -0.3 is 14.7 Å². The molecule has 5 nitrogen and oxygen atoms in total. The highest BCUT2D eigenvalue weighted by Gasteiger charge is 2.16. The number of thioether (sulfide) groups is 1. The van der Waals surface area contributed by atoms with E-state index in [0.717, 1.165) is 5.56 Å². The molecule has 2 heterocycles. The zero-order valence-corrected chi connectivity index (χ0v) is 16.5. The van der Waals surface area contributed by atoms with Crippen molar-refractivity contribution in [3.63, 3.8) is 0 Å². The van der Waals surface area contributed by atoms with Gasteiger partial charge in [0.25, 0.3) is 0 Å². The van der Waals surface area contributed by atoms with Crippen molar-refractivity contribution < 1.29 is 18.0 Å². The quantitative estimate of drug-likeness (QED) is 0.408. The first-order chi connectivity index (χ1) is 14.6. The van der Waals surface area contributed by atoms with Crippen molar-refractivity contribution in [1.82, 2.24) is 15.3 Å². The molecule has 152 valence electrons. The van der Waals surface area contributed by atoms with Gasteiger partial charge in [-0.15, -0.1) is 0 Å². The first-order valence-electron chi connectivity index (χ1n) is 9.12. The van der Waals surface area contributed by atoms with Gasteiger partial charge in [0.2, 0.25) is 5.91 Å². The second-order valence-corrected chi connectivity index (χ2v) is 7.39. The predicted octanol–water partition coefficient (Wildman–Crippen LogP) is 5.02. The average molecular weight is 425 g/mol. The number of aromatic amines is 1. The number of H-pyrrole nitrogens is 1. The Labute approximate surface area is 175 Å². The summed E-state index contributed by atoms with van der Waals surface area (Å²) < 4.78 is 31.8. The summed E-state index contributed by atoms with van der Waals surface area (Å²) in [6.07, 6.45) is 1.55. The molecule has 0 fully saturated rings. The molecule has 0 aliphatic rings. The van der Waals surface area contributed by atoms with Gasteiger partial charge in [0.15, 0.2) is 0 Å². The number of hydrogen-bond acceptors (Lipinski definition) is 4. The van der Waals surface area contributed by atoms with E-state index in [1.165, 1.54) is 36.0 Å². The minimum atomic E-state index is -0.344. The van der Waals surface area contributed by atoms with Crippen molar-refractivity contribution in [2.45, 2.75) is 11.6 Å². The summed E-state index contributed by atoms with van der Waals surface area (Å²) in [6.45, 7) is 0.304.